The van der Waals surface area contributed by atoms with Gasteiger partial charge in [0.1, 0.15) is 46.2 Å². The van der Waals surface area contributed by atoms with Crippen LogP contribution in [0.15, 0.2) is 164 Å². The third kappa shape index (κ3) is 20.7. The second-order valence-corrected chi connectivity index (χ2v) is 47.8. The largest absolute Gasteiger partial charge is 0.427 e. The van der Waals surface area contributed by atoms with Crippen LogP contribution in [0, 0.1) is 195 Å². The van der Waals surface area contributed by atoms with Crippen molar-refractivity contribution in [3.05, 3.63) is 209 Å². The number of ether oxygens (including phenoxy) is 5. The van der Waals surface area contributed by atoms with E-state index in [-0.39, 0.29) is 41.0 Å². The van der Waals surface area contributed by atoms with Gasteiger partial charge in [-0.2, -0.15) is 0 Å². The Kier molecular flexibility index (Phi) is 30.7. The summed E-state index contributed by atoms with van der Waals surface area (Å²) in [5.41, 5.74) is 5.55. The zero-order valence-corrected chi connectivity index (χ0v) is 87.1. The molecule has 0 aliphatic heterocycles. The Morgan fingerprint density at radius 2 is 0.457 bits per heavy atom. The summed E-state index contributed by atoms with van der Waals surface area (Å²) < 4.78 is 69.7. The van der Waals surface area contributed by atoms with Gasteiger partial charge in [0, 0.05) is 58.4 Å². The van der Waals surface area contributed by atoms with E-state index in [9.17, 15) is 37.1 Å². The van der Waals surface area contributed by atoms with Crippen molar-refractivity contribution in [3.8, 4) is 28.7 Å². The minimum absolute atomic E-state index is 0.0603. The first-order valence-electron chi connectivity index (χ1n) is 53.2. The van der Waals surface area contributed by atoms with E-state index in [1.165, 1.54) is 140 Å². The fourth-order valence-corrected chi connectivity index (χ4v) is 32.6. The van der Waals surface area contributed by atoms with Crippen LogP contribution in [-0.2, 0) is 24.0 Å². The number of hydrogen-bond donors (Lipinski definition) is 0. The van der Waals surface area contributed by atoms with E-state index in [0.717, 1.165) is 171 Å². The van der Waals surface area contributed by atoms with Crippen LogP contribution >= 0.6 is 0 Å². The minimum atomic E-state index is -0.586. The molecule has 738 valence electrons. The molecule has 10 fully saturated rings. The van der Waals surface area contributed by atoms with Crippen LogP contribution in [0.2, 0.25) is 0 Å². The van der Waals surface area contributed by atoms with Crippen molar-refractivity contribution in [1.29, 1.82) is 0 Å². The molecule has 0 saturated heterocycles. The van der Waals surface area contributed by atoms with Gasteiger partial charge in [0.2, 0.25) is 0 Å². The van der Waals surface area contributed by atoms with Gasteiger partial charge in [-0.15, -0.1) is 0 Å². The highest BCUT2D eigenvalue weighted by Crippen LogP contribution is 2.68. The lowest BCUT2D eigenvalue weighted by Gasteiger charge is -2.40. The molecule has 0 aromatic heterocycles. The Bertz CT molecular complexity index is 6090. The van der Waals surface area contributed by atoms with Gasteiger partial charge in [0.25, 0.3) is 0 Å². The lowest BCUT2D eigenvalue weighted by atomic mass is 9.64. The van der Waals surface area contributed by atoms with Crippen molar-refractivity contribution < 1.29 is 60.8 Å². The van der Waals surface area contributed by atoms with Crippen molar-refractivity contribution in [2.75, 3.05) is 0 Å². The Labute approximate surface area is 821 Å². The van der Waals surface area contributed by atoms with Crippen LogP contribution in [-0.4, -0.2) is 29.8 Å². The van der Waals surface area contributed by atoms with E-state index in [2.05, 4.69) is 229 Å². The van der Waals surface area contributed by atoms with Gasteiger partial charge in [0.05, 0.1) is 0 Å². The van der Waals surface area contributed by atoms with E-state index in [1.807, 2.05) is 48.5 Å². The molecule has 10 aromatic carbocycles. The van der Waals surface area contributed by atoms with Gasteiger partial charge in [-0.3, -0.25) is 24.0 Å². The third-order valence-electron chi connectivity index (χ3n) is 36.2. The number of esters is 5. The van der Waals surface area contributed by atoms with Crippen LogP contribution < -0.4 is 23.7 Å². The topological polar surface area (TPSA) is 132 Å². The highest BCUT2D eigenvalue weighted by molar-refractivity contribution is 6.08. The molecule has 20 rings (SSSR count). The molecule has 0 spiro atoms. The molecule has 0 radical (unpaired) electrons. The first-order valence-corrected chi connectivity index (χ1v) is 53.2. The fourth-order valence-electron chi connectivity index (χ4n) is 32.6. The van der Waals surface area contributed by atoms with Gasteiger partial charge in [-0.1, -0.05) is 229 Å². The quantitative estimate of drug-likeness (QED) is 0.0314. The molecule has 138 heavy (non-hydrogen) atoms. The monoisotopic (exact) mass is 1880 g/mol. The molecule has 25 atom stereocenters. The lowest BCUT2D eigenvalue weighted by molar-refractivity contribution is -0.132. The summed E-state index contributed by atoms with van der Waals surface area (Å²) >= 11 is 0. The van der Waals surface area contributed by atoms with Crippen molar-refractivity contribution >= 4 is 83.7 Å². The van der Waals surface area contributed by atoms with Gasteiger partial charge >= 0.3 is 29.8 Å². The van der Waals surface area contributed by atoms with E-state index < -0.39 is 23.6 Å². The average molecular weight is 1880 g/mol. The molecule has 0 amide bonds. The SMILES string of the molecule is CC(=O)Oc1cc(F)c(C2CC3CC2C(C(C)C)C3C(C)C)c(F)c1.CC(=O)Oc1ccc(C2CC3CC2C(C(C)C)C3C(C)C)c(F)c1.CC(=O)Oc1ccc2c(ccc3cc(C4CC5CC4C(C(C)C)C5C(C)C)ccc32)c1.CC(=O)Oc1ccc2cc(C3CC4CC3C(C(C)C)C4C(C)C)ccc2c1.CC(=O)Oc1ccc2cc3ccc(C4CC5CC4C(C(C)C)C5C(C)C)cc3cc2c1. The number of hydrogen-bond acceptors (Lipinski definition) is 10. The molecule has 10 nitrogen and oxygen atoms in total. The molecule has 10 aromatic rings. The lowest BCUT2D eigenvalue weighted by Crippen LogP contribution is -2.34. The molecule has 10 aliphatic rings. The van der Waals surface area contributed by atoms with E-state index >= 15 is 0 Å². The normalized spacial score (nSPS) is 29.4. The second kappa shape index (κ2) is 41.7. The maximum absolute atomic E-state index is 14.7. The Morgan fingerprint density at radius 1 is 0.225 bits per heavy atom. The van der Waals surface area contributed by atoms with Gasteiger partial charge < -0.3 is 23.7 Å². The third-order valence-corrected chi connectivity index (χ3v) is 36.2. The van der Waals surface area contributed by atoms with Crippen LogP contribution in [0.4, 0.5) is 13.2 Å². The number of carbonyl (C=O) groups is 5. The standard InChI is InChI=1S/2C29H34O2.C25H32O2.C21H28F2O2.C21H29FO2/c1-16(2)28-22-14-26(27(15-22)29(28)17(3)4)20-8-10-24-19(12-20)6-7-21-13-23(31-18(5)30)9-11-25(21)24;1-16(2)28-24-14-26(27(15-24)29(28)17(3)4)21-7-6-19-10-20-8-9-25(31-18(5)30)13-23(20)12-22(19)11-21;1-14(2)24-20-12-22(23(13-20)25(24)15(3)4)19-7-6-18-11-21(27-16(5)26)9-8-17(18)10-19;1-10(2)19-13-6-15(20(19)11(3)4)16(7-13)21-17(22)8-14(9-18(21)23)25-12(5)24;1-11(2)20-14-8-17(18(9-14)21(20)12(3)4)16-7-6-15(10-19(16)22)24-13(5)23/h6-13,16-17,22,26-29H,14-15H2,1-5H3;6-13,16-17,24,26-29H,14-15H2,1-5H3;6-11,14-15,20,22-25H,12-13H2,1-5H3;8-11,13,15-16,19-20H,6-7H2,1-5H3;6-7,10-12,14,17-18,20-21H,8-9H2,1-5H3. The Morgan fingerprint density at radius 3 is 0.826 bits per heavy atom. The second-order valence-electron chi connectivity index (χ2n) is 47.8. The minimum Gasteiger partial charge on any atom is -0.427 e. The van der Waals surface area contributed by atoms with Crippen LogP contribution in [0.3, 0.4) is 0 Å². The summed E-state index contributed by atoms with van der Waals surface area (Å²) in [5.74, 6) is 23.6. The van der Waals surface area contributed by atoms with E-state index in [4.69, 9.17) is 23.7 Å². The molecule has 0 heterocycles. The smallest absolute Gasteiger partial charge is 0.308 e. The molecule has 10 saturated carbocycles. The predicted molar refractivity (Wildman–Crippen MR) is 554 cm³/mol. The van der Waals surface area contributed by atoms with Crippen LogP contribution in [0.5, 0.6) is 28.7 Å². The zero-order valence-electron chi connectivity index (χ0n) is 87.1. The van der Waals surface area contributed by atoms with Gasteiger partial charge in [-0.25, -0.2) is 13.2 Å². The van der Waals surface area contributed by atoms with Crippen molar-refractivity contribution in [2.24, 2.45) is 178 Å². The fraction of sp³-hybridized carbons (Fsp3) is 0.560. The molecule has 0 N–H and O–H groups in total. The highest BCUT2D eigenvalue weighted by Gasteiger charge is 2.60. The van der Waals surface area contributed by atoms with Gasteiger partial charge in [-0.05, 0) is 402 Å². The first kappa shape index (κ1) is 102. The maximum Gasteiger partial charge on any atom is 0.308 e. The Hall–Kier alpha value is -9.36. The number of halogens is 3. The molecular formula is C125H157F3O10. The molecule has 13 heteroatoms. The highest BCUT2D eigenvalue weighted by atomic mass is 19.1. The van der Waals surface area contributed by atoms with Crippen molar-refractivity contribution in [1.82, 2.24) is 0 Å². The molecular weight excluding hydrogens is 1720 g/mol. The molecule has 10 bridgehead atoms. The summed E-state index contributed by atoms with van der Waals surface area (Å²) in [4.78, 5) is 55.9. The number of rotatable bonds is 20. The summed E-state index contributed by atoms with van der Waals surface area (Å²) in [6.45, 7) is 54.4. The number of benzene rings is 10. The van der Waals surface area contributed by atoms with Gasteiger partial charge in [0.15, 0.2) is 0 Å². The Balaban J connectivity index is 0.000000125. The van der Waals surface area contributed by atoms with E-state index in [1.54, 1.807) is 6.07 Å². The maximum atomic E-state index is 14.7. The van der Waals surface area contributed by atoms with Crippen molar-refractivity contribution in [3.63, 3.8) is 0 Å². The number of carbonyl (C=O) groups excluding carboxylic acids is 5. The average Bonchev–Trinajstić information content (AvgIpc) is 1.65. The van der Waals surface area contributed by atoms with E-state index in [0.29, 0.717) is 106 Å². The molecule has 25 unspecified atom stereocenters. The summed E-state index contributed by atoms with van der Waals surface area (Å²) in [6.07, 6.45) is 12.6. The van der Waals surface area contributed by atoms with Crippen molar-refractivity contribution in [2.45, 2.75) is 267 Å². The molecule has 10 aliphatic carbocycles. The summed E-state index contributed by atoms with van der Waals surface area (Å²) in [6, 6.07) is 55.0. The summed E-state index contributed by atoms with van der Waals surface area (Å²) in [7, 11) is 0. The van der Waals surface area contributed by atoms with Crippen LogP contribution in [0.1, 0.15) is 295 Å². The summed E-state index contributed by atoms with van der Waals surface area (Å²) in [5, 5.41) is 12.2. The number of fused-ring (bicyclic) bond motifs is 16. The zero-order chi connectivity index (χ0) is 99.1. The predicted octanol–water partition coefficient (Wildman–Crippen LogP) is 32.6. The van der Waals surface area contributed by atoms with Crippen LogP contribution in [0.25, 0.3) is 53.9 Å². The first-order chi connectivity index (χ1) is 65.5.